The molecule has 1 atom stereocenters. The van der Waals surface area contributed by atoms with E-state index in [1.807, 2.05) is 54.3 Å². The second-order valence-corrected chi connectivity index (χ2v) is 9.65. The Morgan fingerprint density at radius 2 is 1.94 bits per heavy atom. The van der Waals surface area contributed by atoms with Crippen LogP contribution in [-0.2, 0) is 11.2 Å². The van der Waals surface area contributed by atoms with Gasteiger partial charge in [-0.2, -0.15) is 11.8 Å². The number of likely N-dealkylation sites (tertiary alicyclic amines) is 1. The molecule has 6 nitrogen and oxygen atoms in total. The minimum atomic E-state index is -0.00843. The van der Waals surface area contributed by atoms with Crippen molar-refractivity contribution in [3.8, 4) is 5.75 Å². The van der Waals surface area contributed by atoms with Crippen LogP contribution in [0.5, 0.6) is 5.75 Å². The Bertz CT molecular complexity index is 944. The lowest BCUT2D eigenvalue weighted by atomic mass is 9.84. The average Bonchev–Trinajstić information content (AvgIpc) is 2.85. The van der Waals surface area contributed by atoms with Gasteiger partial charge < -0.3 is 14.5 Å². The van der Waals surface area contributed by atoms with Crippen LogP contribution in [0.15, 0.2) is 42.5 Å². The minimum Gasteiger partial charge on any atom is -0.497 e. The van der Waals surface area contributed by atoms with Crippen LogP contribution in [0.25, 0.3) is 0 Å². The summed E-state index contributed by atoms with van der Waals surface area (Å²) in [5.41, 5.74) is 2.51. The van der Waals surface area contributed by atoms with E-state index in [0.717, 1.165) is 42.0 Å². The first-order valence-corrected chi connectivity index (χ1v) is 12.9. The summed E-state index contributed by atoms with van der Waals surface area (Å²) in [6.45, 7) is 3.26. The highest BCUT2D eigenvalue weighted by atomic mass is 32.2. The summed E-state index contributed by atoms with van der Waals surface area (Å²) in [7, 11) is 3.60. The summed E-state index contributed by atoms with van der Waals surface area (Å²) in [4.78, 5) is 34.1. The van der Waals surface area contributed by atoms with Crippen LogP contribution < -0.4 is 4.74 Å². The van der Waals surface area contributed by atoms with Crippen LogP contribution in [0.1, 0.15) is 41.0 Å². The highest BCUT2D eigenvalue weighted by Gasteiger charge is 2.33. The summed E-state index contributed by atoms with van der Waals surface area (Å²) < 4.78 is 5.40. The molecule has 7 heteroatoms. The lowest BCUT2D eigenvalue weighted by molar-refractivity contribution is -0.132. The largest absolute Gasteiger partial charge is 0.497 e. The number of benzene rings is 1. The number of ether oxygens (including phenoxy) is 1. The van der Waals surface area contributed by atoms with Gasteiger partial charge in [-0.1, -0.05) is 18.2 Å². The maximum absolute atomic E-state index is 12.9. The van der Waals surface area contributed by atoms with Crippen LogP contribution in [-0.4, -0.2) is 71.9 Å². The van der Waals surface area contributed by atoms with Crippen molar-refractivity contribution in [2.75, 3.05) is 39.3 Å². The van der Waals surface area contributed by atoms with Crippen LogP contribution in [0.4, 0.5) is 0 Å². The molecule has 1 aliphatic heterocycles. The van der Waals surface area contributed by atoms with Crippen LogP contribution in [0.3, 0.4) is 0 Å². The monoisotopic (exact) mass is 469 g/mol. The zero-order valence-corrected chi connectivity index (χ0v) is 20.9. The maximum atomic E-state index is 12.9. The number of likely N-dealkylation sites (N-methyl/N-ethyl adjacent to an activating group) is 1. The van der Waals surface area contributed by atoms with E-state index in [4.69, 9.17) is 4.74 Å². The first-order valence-electron chi connectivity index (χ1n) is 11.5. The van der Waals surface area contributed by atoms with Crippen LogP contribution in [0, 0.1) is 12.8 Å². The zero-order valence-electron chi connectivity index (χ0n) is 20.1. The molecule has 3 rings (SSSR count). The fourth-order valence-corrected chi connectivity index (χ4v) is 4.90. The van der Waals surface area contributed by atoms with Crippen LogP contribution >= 0.6 is 11.8 Å². The first-order chi connectivity index (χ1) is 15.9. The molecule has 1 fully saturated rings. The third kappa shape index (κ3) is 6.73. The summed E-state index contributed by atoms with van der Waals surface area (Å²) >= 11 is 1.69. The number of hydrogen-bond acceptors (Lipinski definition) is 5. The highest BCUT2D eigenvalue weighted by Crippen LogP contribution is 2.28. The van der Waals surface area contributed by atoms with Crippen molar-refractivity contribution in [1.82, 2.24) is 14.8 Å². The van der Waals surface area contributed by atoms with Gasteiger partial charge in [0, 0.05) is 44.0 Å². The van der Waals surface area contributed by atoms with E-state index in [-0.39, 0.29) is 17.9 Å². The molecule has 0 aliphatic carbocycles. The van der Waals surface area contributed by atoms with Gasteiger partial charge in [0.15, 0.2) is 0 Å². The van der Waals surface area contributed by atoms with Gasteiger partial charge in [-0.3, -0.25) is 9.59 Å². The van der Waals surface area contributed by atoms with Crippen molar-refractivity contribution in [1.29, 1.82) is 0 Å². The number of piperidine rings is 1. The molecule has 178 valence electrons. The molecule has 1 saturated heterocycles. The van der Waals surface area contributed by atoms with Crippen molar-refractivity contribution in [3.63, 3.8) is 0 Å². The number of rotatable bonds is 9. The van der Waals surface area contributed by atoms with E-state index in [1.165, 1.54) is 0 Å². The Balaban J connectivity index is 1.72. The van der Waals surface area contributed by atoms with Gasteiger partial charge >= 0.3 is 0 Å². The number of aryl methyl sites for hydroxylation is 1. The number of hydrogen-bond donors (Lipinski definition) is 0. The van der Waals surface area contributed by atoms with Crippen molar-refractivity contribution in [2.45, 2.75) is 38.6 Å². The molecule has 1 aliphatic rings. The van der Waals surface area contributed by atoms with Crippen LogP contribution in [0.2, 0.25) is 0 Å². The molecule has 2 aromatic rings. The van der Waals surface area contributed by atoms with E-state index >= 15 is 0 Å². The van der Waals surface area contributed by atoms with E-state index in [1.54, 1.807) is 24.9 Å². The number of nitrogens with zero attached hydrogens (tertiary/aromatic N) is 3. The molecule has 1 aromatic carbocycles. The second kappa shape index (κ2) is 12.1. The molecule has 2 amide bonds. The lowest BCUT2D eigenvalue weighted by Gasteiger charge is -2.40. The molecule has 0 spiro atoms. The Kier molecular flexibility index (Phi) is 9.18. The summed E-state index contributed by atoms with van der Waals surface area (Å²) in [5, 5.41) is 0. The standard InChI is InChI=1S/C26H35N3O3S/c1-19-7-5-10-23(27-19)26(31)29-14-11-21(12-15-29)24(28(2)25(30)13-16-33-4)18-20-8-6-9-22(17-20)32-3/h5-10,17,21,24H,11-16,18H2,1-4H3/t24-/m1/s1. The van der Waals surface area contributed by atoms with Crippen molar-refractivity contribution < 1.29 is 14.3 Å². The van der Waals surface area contributed by atoms with Gasteiger partial charge in [0.25, 0.3) is 5.91 Å². The number of methoxy groups -OCH3 is 1. The number of thioether (sulfide) groups is 1. The topological polar surface area (TPSA) is 62.7 Å². The van der Waals surface area contributed by atoms with Gasteiger partial charge in [0.05, 0.1) is 7.11 Å². The molecular weight excluding hydrogens is 434 g/mol. The maximum Gasteiger partial charge on any atom is 0.272 e. The lowest BCUT2D eigenvalue weighted by Crippen LogP contribution is -2.48. The molecule has 33 heavy (non-hydrogen) atoms. The van der Waals surface area contributed by atoms with Crippen molar-refractivity contribution in [3.05, 3.63) is 59.4 Å². The van der Waals surface area contributed by atoms with E-state index in [9.17, 15) is 9.59 Å². The quantitative estimate of drug-likeness (QED) is 0.554. The van der Waals surface area contributed by atoms with Crippen molar-refractivity contribution in [2.24, 2.45) is 5.92 Å². The van der Waals surface area contributed by atoms with Gasteiger partial charge in [-0.15, -0.1) is 0 Å². The average molecular weight is 470 g/mol. The Hall–Kier alpha value is -2.54. The summed E-state index contributed by atoms with van der Waals surface area (Å²) in [5.74, 6) is 2.15. The predicted octanol–water partition coefficient (Wildman–Crippen LogP) is 4.07. The normalized spacial score (nSPS) is 15.2. The van der Waals surface area contributed by atoms with Gasteiger partial charge in [-0.25, -0.2) is 4.98 Å². The van der Waals surface area contributed by atoms with E-state index in [0.29, 0.717) is 31.1 Å². The summed E-state index contributed by atoms with van der Waals surface area (Å²) in [6.07, 6.45) is 5.08. The number of amides is 2. The van der Waals surface area contributed by atoms with Gasteiger partial charge in [0.2, 0.25) is 5.91 Å². The first kappa shape index (κ1) is 25.1. The number of carbonyl (C=O) groups is 2. The fourth-order valence-electron chi connectivity index (χ4n) is 4.52. The molecule has 0 bridgehead atoms. The molecule has 0 unspecified atom stereocenters. The highest BCUT2D eigenvalue weighted by molar-refractivity contribution is 7.98. The number of aromatic nitrogens is 1. The Morgan fingerprint density at radius 3 is 2.61 bits per heavy atom. The molecule has 0 saturated carbocycles. The number of pyridine rings is 1. The Morgan fingerprint density at radius 1 is 1.21 bits per heavy atom. The van der Waals surface area contributed by atoms with Gasteiger partial charge in [-0.05, 0) is 68.2 Å². The molecular formula is C26H35N3O3S. The van der Waals surface area contributed by atoms with E-state index < -0.39 is 0 Å². The second-order valence-electron chi connectivity index (χ2n) is 8.66. The van der Waals surface area contributed by atoms with Crippen molar-refractivity contribution >= 4 is 23.6 Å². The zero-order chi connectivity index (χ0) is 23.8. The number of carbonyl (C=O) groups excluding carboxylic acids is 2. The minimum absolute atomic E-state index is 0.00843. The molecule has 0 radical (unpaired) electrons. The Labute approximate surface area is 201 Å². The van der Waals surface area contributed by atoms with E-state index in [2.05, 4.69) is 17.1 Å². The van der Waals surface area contributed by atoms with Gasteiger partial charge in [0.1, 0.15) is 11.4 Å². The fraction of sp³-hybridized carbons (Fsp3) is 0.500. The molecule has 1 aromatic heterocycles. The molecule has 0 N–H and O–H groups in total. The predicted molar refractivity (Wildman–Crippen MR) is 134 cm³/mol. The SMILES string of the molecule is COc1cccc(C[C@H](C2CCN(C(=O)c3cccc(C)n3)CC2)N(C)C(=O)CCSC)c1. The summed E-state index contributed by atoms with van der Waals surface area (Å²) in [6, 6.07) is 13.7. The third-order valence-electron chi connectivity index (χ3n) is 6.47. The third-order valence-corrected chi connectivity index (χ3v) is 7.08. The molecule has 2 heterocycles. The smallest absolute Gasteiger partial charge is 0.272 e.